The Hall–Kier alpha value is -1.16. The van der Waals surface area contributed by atoms with Gasteiger partial charge in [0.05, 0.1) is 11.5 Å². The van der Waals surface area contributed by atoms with Crippen LogP contribution in [-0.2, 0) is 0 Å². The van der Waals surface area contributed by atoms with Crippen LogP contribution < -0.4 is 0 Å². The molecular formula is C11H10IN3O3S. The zero-order chi connectivity index (χ0) is 14.0. The standard InChI is InChI=1S/C11H10IN3O3S/c12-8-3-7(4-9(5-8)15(17)18)10(16)6-14-1-2-19-11(14)13/h3-5,13H,1-2,6H2. The summed E-state index contributed by atoms with van der Waals surface area (Å²) in [5.41, 5.74) is 0.240. The Kier molecular flexibility index (Phi) is 4.40. The summed E-state index contributed by atoms with van der Waals surface area (Å²) in [4.78, 5) is 24.0. The second-order valence-corrected chi connectivity index (χ2v) is 6.28. The minimum absolute atomic E-state index is 0.0823. The molecule has 0 atom stereocenters. The van der Waals surface area contributed by atoms with E-state index in [-0.39, 0.29) is 18.0 Å². The molecule has 0 aromatic heterocycles. The van der Waals surface area contributed by atoms with Gasteiger partial charge in [-0.1, -0.05) is 11.8 Å². The van der Waals surface area contributed by atoms with Crippen molar-refractivity contribution in [1.82, 2.24) is 4.90 Å². The van der Waals surface area contributed by atoms with Gasteiger partial charge in [-0.05, 0) is 28.7 Å². The van der Waals surface area contributed by atoms with Gasteiger partial charge in [0.25, 0.3) is 5.69 Å². The SMILES string of the molecule is N=C1SCCN1CC(=O)c1cc(I)cc([N+](=O)[O-])c1. The Labute approximate surface area is 127 Å². The summed E-state index contributed by atoms with van der Waals surface area (Å²) in [7, 11) is 0. The molecule has 0 bridgehead atoms. The van der Waals surface area contributed by atoms with Crippen molar-refractivity contribution in [3.63, 3.8) is 0 Å². The molecule has 100 valence electrons. The largest absolute Gasteiger partial charge is 0.343 e. The lowest BCUT2D eigenvalue weighted by molar-refractivity contribution is -0.385. The lowest BCUT2D eigenvalue weighted by Crippen LogP contribution is -2.30. The predicted molar refractivity (Wildman–Crippen MR) is 81.9 cm³/mol. The normalized spacial score (nSPS) is 14.8. The van der Waals surface area contributed by atoms with Crippen LogP contribution >= 0.6 is 34.4 Å². The first-order valence-corrected chi connectivity index (χ1v) is 7.48. The van der Waals surface area contributed by atoms with Crippen LogP contribution in [0.3, 0.4) is 0 Å². The molecule has 6 nitrogen and oxygen atoms in total. The molecule has 1 aliphatic rings. The van der Waals surface area contributed by atoms with Crippen molar-refractivity contribution in [2.45, 2.75) is 0 Å². The number of ketones is 1. The second kappa shape index (κ2) is 5.87. The molecule has 0 radical (unpaired) electrons. The van der Waals surface area contributed by atoms with Crippen molar-refractivity contribution < 1.29 is 9.72 Å². The van der Waals surface area contributed by atoms with Crippen LogP contribution in [0, 0.1) is 19.1 Å². The third-order valence-electron chi connectivity index (χ3n) is 2.64. The Bertz CT molecular complexity index is 564. The lowest BCUT2D eigenvalue weighted by atomic mass is 10.1. The Morgan fingerprint density at radius 1 is 1.53 bits per heavy atom. The highest BCUT2D eigenvalue weighted by Crippen LogP contribution is 2.21. The molecule has 19 heavy (non-hydrogen) atoms. The molecule has 1 aromatic rings. The fourth-order valence-corrected chi connectivity index (χ4v) is 3.20. The van der Waals surface area contributed by atoms with Crippen LogP contribution in [0.5, 0.6) is 0 Å². The van der Waals surface area contributed by atoms with Crippen molar-refractivity contribution in [3.8, 4) is 0 Å². The molecule has 1 aromatic carbocycles. The molecule has 1 N–H and O–H groups in total. The maximum absolute atomic E-state index is 12.1. The summed E-state index contributed by atoms with van der Waals surface area (Å²) in [6.07, 6.45) is 0. The minimum atomic E-state index is -0.507. The van der Waals surface area contributed by atoms with Crippen LogP contribution in [0.15, 0.2) is 18.2 Å². The van der Waals surface area contributed by atoms with E-state index >= 15 is 0 Å². The molecule has 8 heteroatoms. The highest BCUT2D eigenvalue weighted by Gasteiger charge is 2.22. The van der Waals surface area contributed by atoms with Crippen molar-refractivity contribution in [2.75, 3.05) is 18.8 Å². The number of nitro benzene ring substituents is 1. The van der Waals surface area contributed by atoms with Crippen LogP contribution in [0.1, 0.15) is 10.4 Å². The molecule has 0 spiro atoms. The third kappa shape index (κ3) is 3.44. The second-order valence-electron chi connectivity index (χ2n) is 3.95. The lowest BCUT2D eigenvalue weighted by Gasteiger charge is -2.15. The number of nitro groups is 1. The fraction of sp³-hybridized carbons (Fsp3) is 0.273. The van der Waals surface area contributed by atoms with Gasteiger partial charge in [0.2, 0.25) is 0 Å². The van der Waals surface area contributed by atoms with Crippen LogP contribution in [0.25, 0.3) is 0 Å². The van der Waals surface area contributed by atoms with Gasteiger partial charge in [-0.25, -0.2) is 0 Å². The van der Waals surface area contributed by atoms with Gasteiger partial charge in [-0.15, -0.1) is 0 Å². The zero-order valence-corrected chi connectivity index (χ0v) is 12.7. The van der Waals surface area contributed by atoms with Crippen molar-refractivity contribution >= 4 is 51.0 Å². The van der Waals surface area contributed by atoms with E-state index in [4.69, 9.17) is 5.41 Å². The third-order valence-corrected chi connectivity index (χ3v) is 4.18. The molecular weight excluding hydrogens is 381 g/mol. The number of hydrogen-bond acceptors (Lipinski definition) is 5. The Balaban J connectivity index is 2.19. The molecule has 2 rings (SSSR count). The van der Waals surface area contributed by atoms with Crippen LogP contribution in [-0.4, -0.2) is 39.6 Å². The molecule has 0 saturated carbocycles. The van der Waals surface area contributed by atoms with Crippen LogP contribution in [0.2, 0.25) is 0 Å². The molecule has 1 heterocycles. The Morgan fingerprint density at radius 2 is 2.26 bits per heavy atom. The molecule has 0 unspecified atom stereocenters. The number of thioether (sulfide) groups is 1. The number of Topliss-reactive ketones (excluding diaryl/α,β-unsaturated/α-hetero) is 1. The summed E-state index contributed by atoms with van der Waals surface area (Å²) in [5.74, 6) is 0.604. The first-order chi connectivity index (χ1) is 8.97. The number of nitrogens with one attached hydrogen (secondary N) is 1. The van der Waals surface area contributed by atoms with Gasteiger partial charge in [0.1, 0.15) is 0 Å². The van der Waals surface area contributed by atoms with Gasteiger partial charge in [-0.2, -0.15) is 0 Å². The first-order valence-electron chi connectivity index (χ1n) is 5.42. The van der Waals surface area contributed by atoms with Gasteiger partial charge < -0.3 is 4.90 Å². The molecule has 0 amide bonds. The summed E-state index contributed by atoms with van der Waals surface area (Å²) in [6, 6.07) is 4.34. The summed E-state index contributed by atoms with van der Waals surface area (Å²) in [6.45, 7) is 0.768. The van der Waals surface area contributed by atoms with Gasteiger partial charge in [-0.3, -0.25) is 20.3 Å². The smallest absolute Gasteiger partial charge is 0.271 e. The average Bonchev–Trinajstić information content (AvgIpc) is 2.74. The number of non-ortho nitro benzene ring substituents is 1. The topological polar surface area (TPSA) is 87.3 Å². The monoisotopic (exact) mass is 391 g/mol. The molecule has 1 saturated heterocycles. The van der Waals surface area contributed by atoms with Gasteiger partial charge in [0.15, 0.2) is 11.0 Å². The quantitative estimate of drug-likeness (QED) is 0.369. The Morgan fingerprint density at radius 3 is 2.84 bits per heavy atom. The van der Waals surface area contributed by atoms with Gasteiger partial charge in [0, 0.05) is 33.6 Å². The summed E-state index contributed by atoms with van der Waals surface area (Å²) >= 11 is 3.35. The number of hydrogen-bond donors (Lipinski definition) is 1. The predicted octanol–water partition coefficient (Wildman–Crippen LogP) is 2.37. The van der Waals surface area contributed by atoms with Crippen molar-refractivity contribution in [3.05, 3.63) is 37.4 Å². The van der Waals surface area contributed by atoms with E-state index in [1.165, 1.54) is 23.9 Å². The maximum Gasteiger partial charge on any atom is 0.271 e. The number of carbonyl (C=O) groups is 1. The van der Waals surface area contributed by atoms with E-state index in [0.29, 0.717) is 20.8 Å². The number of benzene rings is 1. The fourth-order valence-electron chi connectivity index (χ4n) is 1.70. The number of amidine groups is 1. The first kappa shape index (κ1) is 14.3. The number of rotatable bonds is 4. The van der Waals surface area contributed by atoms with E-state index in [0.717, 1.165) is 5.75 Å². The van der Waals surface area contributed by atoms with E-state index in [1.54, 1.807) is 11.0 Å². The van der Waals surface area contributed by atoms with E-state index < -0.39 is 4.92 Å². The van der Waals surface area contributed by atoms with Crippen molar-refractivity contribution in [2.24, 2.45) is 0 Å². The zero-order valence-electron chi connectivity index (χ0n) is 9.76. The van der Waals surface area contributed by atoms with Crippen molar-refractivity contribution in [1.29, 1.82) is 5.41 Å². The average molecular weight is 391 g/mol. The number of nitrogens with zero attached hydrogens (tertiary/aromatic N) is 2. The molecule has 1 fully saturated rings. The summed E-state index contributed by atoms with van der Waals surface area (Å²) < 4.78 is 0.654. The van der Waals surface area contributed by atoms with E-state index in [2.05, 4.69) is 0 Å². The molecule has 0 aliphatic carbocycles. The molecule has 1 aliphatic heterocycles. The summed E-state index contributed by atoms with van der Waals surface area (Å²) in [5, 5.41) is 18.8. The number of halogens is 1. The highest BCUT2D eigenvalue weighted by atomic mass is 127. The van der Waals surface area contributed by atoms with E-state index in [1.807, 2.05) is 22.6 Å². The highest BCUT2D eigenvalue weighted by molar-refractivity contribution is 14.1. The van der Waals surface area contributed by atoms with Gasteiger partial charge >= 0.3 is 0 Å². The number of carbonyl (C=O) groups excluding carboxylic acids is 1. The minimum Gasteiger partial charge on any atom is -0.343 e. The van der Waals surface area contributed by atoms with E-state index in [9.17, 15) is 14.9 Å². The van der Waals surface area contributed by atoms with Crippen LogP contribution in [0.4, 0.5) is 5.69 Å². The maximum atomic E-state index is 12.1.